The highest BCUT2D eigenvalue weighted by atomic mass is 16.5. The molecule has 0 radical (unpaired) electrons. The number of carbonyl (C=O) groups excluding carboxylic acids is 2. The first-order valence-electron chi connectivity index (χ1n) is 7.63. The number of hydrogen-bond acceptors (Lipinski definition) is 4. The van der Waals surface area contributed by atoms with Crippen molar-refractivity contribution in [1.82, 2.24) is 10.3 Å². The van der Waals surface area contributed by atoms with Crippen molar-refractivity contribution in [1.29, 1.82) is 0 Å². The molecule has 2 amide bonds. The normalized spacial score (nSPS) is 10.4. The summed E-state index contributed by atoms with van der Waals surface area (Å²) in [5, 5.41) is 5.55. The molecular weight excluding hydrogens is 306 g/mol. The Bertz CT molecular complexity index is 757. The Morgan fingerprint density at radius 1 is 1.12 bits per heavy atom. The number of nitrogens with one attached hydrogen (secondary N) is 2. The minimum Gasteiger partial charge on any atom is -0.495 e. The summed E-state index contributed by atoms with van der Waals surface area (Å²) in [7, 11) is 1.54. The van der Waals surface area contributed by atoms with E-state index in [1.165, 1.54) is 12.3 Å². The molecule has 0 fully saturated rings. The number of ether oxygens (including phenoxy) is 1. The third-order valence-corrected chi connectivity index (χ3v) is 3.28. The highest BCUT2D eigenvalue weighted by Crippen LogP contribution is 2.25. The van der Waals surface area contributed by atoms with Gasteiger partial charge >= 0.3 is 0 Å². The van der Waals surface area contributed by atoms with Crippen LogP contribution in [0.2, 0.25) is 0 Å². The lowest BCUT2D eigenvalue weighted by Crippen LogP contribution is -2.31. The van der Waals surface area contributed by atoms with Crippen LogP contribution in [0, 0.1) is 6.92 Å². The molecule has 2 rings (SSSR count). The molecule has 0 unspecified atom stereocenters. The summed E-state index contributed by atoms with van der Waals surface area (Å²) in [6, 6.07) is 8.53. The van der Waals surface area contributed by atoms with Crippen LogP contribution in [0.5, 0.6) is 5.75 Å². The number of hydrogen-bond donors (Lipinski definition) is 2. The fourth-order valence-electron chi connectivity index (χ4n) is 2.15. The van der Waals surface area contributed by atoms with Crippen LogP contribution in [-0.2, 0) is 0 Å². The predicted octanol–water partition coefficient (Wildman–Crippen LogP) is 2.79. The zero-order valence-electron chi connectivity index (χ0n) is 14.2. The Kier molecular flexibility index (Phi) is 5.52. The number of pyridine rings is 1. The molecule has 2 aromatic rings. The van der Waals surface area contributed by atoms with E-state index in [9.17, 15) is 9.59 Å². The molecule has 1 aromatic carbocycles. The van der Waals surface area contributed by atoms with Crippen LogP contribution in [0.3, 0.4) is 0 Å². The van der Waals surface area contributed by atoms with Crippen LogP contribution in [0.4, 0.5) is 5.69 Å². The van der Waals surface area contributed by atoms with Crippen LogP contribution in [0.25, 0.3) is 0 Å². The largest absolute Gasteiger partial charge is 0.495 e. The first kappa shape index (κ1) is 17.5. The second kappa shape index (κ2) is 7.59. The predicted molar refractivity (Wildman–Crippen MR) is 92.5 cm³/mol. The number of aryl methyl sites for hydroxylation is 1. The van der Waals surface area contributed by atoms with Crippen molar-refractivity contribution in [2.24, 2.45) is 0 Å². The fraction of sp³-hybridized carbons (Fsp3) is 0.278. The maximum absolute atomic E-state index is 12.5. The maximum Gasteiger partial charge on any atom is 0.270 e. The SMILES string of the molecule is COc1ccc(C)cc1NC(=O)c1ccnc(C(=O)NC(C)C)c1. The zero-order chi connectivity index (χ0) is 17.7. The van der Waals surface area contributed by atoms with Gasteiger partial charge in [0.1, 0.15) is 11.4 Å². The molecule has 0 aliphatic rings. The lowest BCUT2D eigenvalue weighted by molar-refractivity contribution is 0.0938. The Hall–Kier alpha value is -2.89. The Morgan fingerprint density at radius 2 is 1.88 bits per heavy atom. The lowest BCUT2D eigenvalue weighted by Gasteiger charge is -2.12. The monoisotopic (exact) mass is 327 g/mol. The molecule has 1 aromatic heterocycles. The van der Waals surface area contributed by atoms with Gasteiger partial charge in [-0.05, 0) is 50.6 Å². The van der Waals surface area contributed by atoms with Gasteiger partial charge in [0, 0.05) is 17.8 Å². The first-order valence-corrected chi connectivity index (χ1v) is 7.63. The van der Waals surface area contributed by atoms with E-state index in [1.807, 2.05) is 32.9 Å². The molecule has 6 heteroatoms. The molecule has 24 heavy (non-hydrogen) atoms. The summed E-state index contributed by atoms with van der Waals surface area (Å²) in [6.07, 6.45) is 1.44. The van der Waals surface area contributed by atoms with Crippen molar-refractivity contribution >= 4 is 17.5 Å². The Balaban J connectivity index is 2.22. The van der Waals surface area contributed by atoms with Crippen LogP contribution < -0.4 is 15.4 Å². The van der Waals surface area contributed by atoms with Gasteiger partial charge in [-0.15, -0.1) is 0 Å². The summed E-state index contributed by atoms with van der Waals surface area (Å²) >= 11 is 0. The minimum atomic E-state index is -0.333. The second-order valence-electron chi connectivity index (χ2n) is 5.72. The van der Waals surface area contributed by atoms with Crippen LogP contribution in [0.1, 0.15) is 40.3 Å². The third kappa shape index (κ3) is 4.32. The highest BCUT2D eigenvalue weighted by molar-refractivity contribution is 6.06. The van der Waals surface area contributed by atoms with E-state index in [0.717, 1.165) is 5.56 Å². The smallest absolute Gasteiger partial charge is 0.270 e. The molecule has 0 saturated heterocycles. The number of anilines is 1. The van der Waals surface area contributed by atoms with Crippen molar-refractivity contribution < 1.29 is 14.3 Å². The summed E-state index contributed by atoms with van der Waals surface area (Å²) < 4.78 is 5.25. The van der Waals surface area contributed by atoms with Gasteiger partial charge in [0.05, 0.1) is 12.8 Å². The average molecular weight is 327 g/mol. The van der Waals surface area contributed by atoms with Crippen LogP contribution in [0.15, 0.2) is 36.5 Å². The molecule has 0 aliphatic carbocycles. The standard InChI is InChI=1S/C18H21N3O3/c1-11(2)20-18(23)15-10-13(7-8-19-15)17(22)21-14-9-12(3)5-6-16(14)24-4/h5-11H,1-4H3,(H,20,23)(H,21,22). The van der Waals surface area contributed by atoms with Gasteiger partial charge in [-0.1, -0.05) is 6.07 Å². The molecule has 0 aliphatic heterocycles. The van der Waals surface area contributed by atoms with Crippen molar-refractivity contribution in [3.63, 3.8) is 0 Å². The zero-order valence-corrected chi connectivity index (χ0v) is 14.2. The summed E-state index contributed by atoms with van der Waals surface area (Å²) in [5.41, 5.74) is 2.13. The maximum atomic E-state index is 12.5. The van der Waals surface area contributed by atoms with Gasteiger partial charge in [-0.3, -0.25) is 14.6 Å². The van der Waals surface area contributed by atoms with E-state index in [2.05, 4.69) is 15.6 Å². The van der Waals surface area contributed by atoms with Crippen molar-refractivity contribution in [3.05, 3.63) is 53.3 Å². The summed E-state index contributed by atoms with van der Waals surface area (Å²) in [6.45, 7) is 5.65. The van der Waals surface area contributed by atoms with E-state index in [1.54, 1.807) is 19.2 Å². The Labute approximate surface area is 141 Å². The van der Waals surface area contributed by atoms with E-state index in [0.29, 0.717) is 17.0 Å². The van der Waals surface area contributed by atoms with Gasteiger partial charge in [0.2, 0.25) is 0 Å². The third-order valence-electron chi connectivity index (χ3n) is 3.28. The van der Waals surface area contributed by atoms with Gasteiger partial charge in [0.25, 0.3) is 11.8 Å². The van der Waals surface area contributed by atoms with Gasteiger partial charge in [-0.25, -0.2) is 0 Å². The van der Waals surface area contributed by atoms with Crippen molar-refractivity contribution in [2.45, 2.75) is 26.8 Å². The molecule has 6 nitrogen and oxygen atoms in total. The van der Waals surface area contributed by atoms with E-state index in [-0.39, 0.29) is 23.6 Å². The Morgan fingerprint density at radius 3 is 2.54 bits per heavy atom. The molecule has 0 atom stereocenters. The lowest BCUT2D eigenvalue weighted by atomic mass is 10.1. The second-order valence-corrected chi connectivity index (χ2v) is 5.72. The first-order chi connectivity index (χ1) is 11.4. The highest BCUT2D eigenvalue weighted by Gasteiger charge is 2.14. The van der Waals surface area contributed by atoms with Gasteiger partial charge < -0.3 is 15.4 Å². The number of nitrogens with zero attached hydrogens (tertiary/aromatic N) is 1. The molecule has 126 valence electrons. The quantitative estimate of drug-likeness (QED) is 0.885. The number of methoxy groups -OCH3 is 1. The fourth-order valence-corrected chi connectivity index (χ4v) is 2.15. The van der Waals surface area contributed by atoms with E-state index >= 15 is 0 Å². The van der Waals surface area contributed by atoms with Crippen molar-refractivity contribution in [3.8, 4) is 5.75 Å². The molecule has 2 N–H and O–H groups in total. The van der Waals surface area contributed by atoms with Crippen LogP contribution >= 0.6 is 0 Å². The van der Waals surface area contributed by atoms with E-state index < -0.39 is 0 Å². The topological polar surface area (TPSA) is 80.3 Å². The molecule has 0 bridgehead atoms. The number of carbonyl (C=O) groups is 2. The van der Waals surface area contributed by atoms with E-state index in [4.69, 9.17) is 4.74 Å². The molecule has 0 saturated carbocycles. The van der Waals surface area contributed by atoms with Gasteiger partial charge in [-0.2, -0.15) is 0 Å². The molecule has 0 spiro atoms. The van der Waals surface area contributed by atoms with Crippen molar-refractivity contribution in [2.75, 3.05) is 12.4 Å². The summed E-state index contributed by atoms with van der Waals surface area (Å²) in [5.74, 6) is -0.0755. The molecule has 1 heterocycles. The summed E-state index contributed by atoms with van der Waals surface area (Å²) in [4.78, 5) is 28.5. The number of aromatic nitrogens is 1. The van der Waals surface area contributed by atoms with Gasteiger partial charge in [0.15, 0.2) is 0 Å². The van der Waals surface area contributed by atoms with Crippen LogP contribution in [-0.4, -0.2) is 29.9 Å². The number of rotatable bonds is 5. The number of benzene rings is 1. The average Bonchev–Trinajstić information content (AvgIpc) is 2.54. The number of amides is 2. The molecular formula is C18H21N3O3. The minimum absolute atomic E-state index is 0.00617.